The Balaban J connectivity index is 1.79. The summed E-state index contributed by atoms with van der Waals surface area (Å²) in [5.41, 5.74) is 6.61. The van der Waals surface area contributed by atoms with E-state index in [0.29, 0.717) is 34.2 Å². The van der Waals surface area contributed by atoms with Crippen LogP contribution in [0.4, 0.5) is 11.6 Å². The van der Waals surface area contributed by atoms with Gasteiger partial charge in [-0.3, -0.25) is 14.2 Å². The minimum atomic E-state index is -0.525. The maximum Gasteiger partial charge on any atom is 0.270 e. The van der Waals surface area contributed by atoms with Gasteiger partial charge in [-0.25, -0.2) is 4.98 Å². The molecule has 1 fully saturated rings. The van der Waals surface area contributed by atoms with Crippen molar-refractivity contribution in [2.45, 2.75) is 38.6 Å². The number of carbonyl (C=O) groups excluding carboxylic acids is 1. The van der Waals surface area contributed by atoms with Crippen LogP contribution in [0, 0.1) is 17.2 Å². The van der Waals surface area contributed by atoms with Crippen molar-refractivity contribution in [3.8, 4) is 6.07 Å². The Hall–Kier alpha value is -3.73. The number of pyridine rings is 1. The number of hydrogen-bond donors (Lipinski definition) is 2. The van der Waals surface area contributed by atoms with Gasteiger partial charge in [0.2, 0.25) is 11.9 Å². The van der Waals surface area contributed by atoms with Crippen molar-refractivity contribution >= 4 is 28.6 Å². The zero-order valence-electron chi connectivity index (χ0n) is 16.6. The molecule has 4 rings (SSSR count). The molecule has 30 heavy (non-hydrogen) atoms. The van der Waals surface area contributed by atoms with E-state index in [-0.39, 0.29) is 17.2 Å². The second-order valence-corrected chi connectivity index (χ2v) is 7.80. The minimum absolute atomic E-state index is 0.00504. The van der Waals surface area contributed by atoms with E-state index in [9.17, 15) is 14.9 Å². The number of hydrogen-bond acceptors (Lipinski definition) is 6. The number of anilines is 2. The second-order valence-electron chi connectivity index (χ2n) is 7.80. The van der Waals surface area contributed by atoms with Gasteiger partial charge in [-0.2, -0.15) is 10.2 Å². The standard InChI is InChI=1S/C22H22N6O2/c1-13-5-7-18(8-6-13)28-20-16(9-15(11-23)21(28)30)12-25-22(27-20)26-17-4-2-3-14(10-17)19(24)29/h2-4,9-10,12-13,18H,5-8H2,1H3,(H2,24,29)(H,25,26,27)/t13-,18-. The molecule has 0 aliphatic heterocycles. The lowest BCUT2D eigenvalue weighted by atomic mass is 9.87. The molecule has 0 spiro atoms. The molecule has 8 heteroatoms. The van der Waals surface area contributed by atoms with E-state index in [1.54, 1.807) is 35.0 Å². The molecule has 152 valence electrons. The van der Waals surface area contributed by atoms with Crippen molar-refractivity contribution in [3.63, 3.8) is 0 Å². The second kappa shape index (κ2) is 7.95. The Bertz CT molecular complexity index is 1220. The van der Waals surface area contributed by atoms with Crippen molar-refractivity contribution in [1.82, 2.24) is 14.5 Å². The van der Waals surface area contributed by atoms with Crippen LogP contribution in [0.1, 0.15) is 54.6 Å². The Labute approximate surface area is 173 Å². The van der Waals surface area contributed by atoms with Gasteiger partial charge in [-0.05, 0) is 55.9 Å². The van der Waals surface area contributed by atoms with Crippen molar-refractivity contribution < 1.29 is 4.79 Å². The van der Waals surface area contributed by atoms with Crippen LogP contribution in [0.3, 0.4) is 0 Å². The summed E-state index contributed by atoms with van der Waals surface area (Å²) in [5.74, 6) is 0.403. The highest BCUT2D eigenvalue weighted by molar-refractivity contribution is 5.93. The highest BCUT2D eigenvalue weighted by Crippen LogP contribution is 2.32. The first-order chi connectivity index (χ1) is 14.5. The summed E-state index contributed by atoms with van der Waals surface area (Å²) in [6.45, 7) is 2.22. The first-order valence-corrected chi connectivity index (χ1v) is 9.95. The van der Waals surface area contributed by atoms with E-state index < -0.39 is 5.91 Å². The number of nitriles is 1. The third kappa shape index (κ3) is 3.74. The van der Waals surface area contributed by atoms with Crippen LogP contribution in [-0.4, -0.2) is 20.4 Å². The topological polar surface area (TPSA) is 127 Å². The molecule has 1 aliphatic carbocycles. The molecule has 1 aliphatic rings. The molecule has 3 N–H and O–H groups in total. The van der Waals surface area contributed by atoms with Crippen molar-refractivity contribution in [2.24, 2.45) is 11.7 Å². The smallest absolute Gasteiger partial charge is 0.270 e. The number of nitrogens with two attached hydrogens (primary N) is 1. The number of aromatic nitrogens is 3. The molecule has 0 bridgehead atoms. The highest BCUT2D eigenvalue weighted by Gasteiger charge is 2.24. The summed E-state index contributed by atoms with van der Waals surface area (Å²) in [6, 6.07) is 10.3. The van der Waals surface area contributed by atoms with E-state index in [1.807, 2.05) is 6.07 Å². The molecule has 0 atom stereocenters. The van der Waals surface area contributed by atoms with E-state index in [4.69, 9.17) is 5.73 Å². The number of benzene rings is 1. The number of rotatable bonds is 4. The van der Waals surface area contributed by atoms with Gasteiger partial charge >= 0.3 is 0 Å². The lowest BCUT2D eigenvalue weighted by Gasteiger charge is -2.28. The van der Waals surface area contributed by atoms with E-state index in [1.165, 1.54) is 6.07 Å². The third-order valence-electron chi connectivity index (χ3n) is 5.65. The van der Waals surface area contributed by atoms with Gasteiger partial charge in [-0.15, -0.1) is 0 Å². The summed E-state index contributed by atoms with van der Waals surface area (Å²) in [7, 11) is 0. The number of carbonyl (C=O) groups is 1. The Kier molecular flexibility index (Phi) is 5.19. The molecule has 1 aromatic carbocycles. The number of fused-ring (bicyclic) bond motifs is 1. The van der Waals surface area contributed by atoms with Crippen molar-refractivity contribution in [3.05, 3.63) is 58.0 Å². The number of nitrogens with zero attached hydrogens (tertiary/aromatic N) is 4. The monoisotopic (exact) mass is 402 g/mol. The summed E-state index contributed by atoms with van der Waals surface area (Å²) in [6.07, 6.45) is 5.42. The fourth-order valence-electron chi connectivity index (χ4n) is 3.98. The van der Waals surface area contributed by atoms with E-state index >= 15 is 0 Å². The maximum absolute atomic E-state index is 13.0. The quantitative estimate of drug-likeness (QED) is 0.690. The van der Waals surface area contributed by atoms with Crippen LogP contribution in [0.2, 0.25) is 0 Å². The van der Waals surface area contributed by atoms with Crippen LogP contribution < -0.4 is 16.6 Å². The van der Waals surface area contributed by atoms with Gasteiger partial charge in [0.15, 0.2) is 0 Å². The summed E-state index contributed by atoms with van der Waals surface area (Å²) >= 11 is 0. The summed E-state index contributed by atoms with van der Waals surface area (Å²) < 4.78 is 1.66. The third-order valence-corrected chi connectivity index (χ3v) is 5.65. The lowest BCUT2D eigenvalue weighted by molar-refractivity contribution is 0.100. The van der Waals surface area contributed by atoms with Crippen molar-refractivity contribution in [2.75, 3.05) is 5.32 Å². The summed E-state index contributed by atoms with van der Waals surface area (Å²) in [5, 5.41) is 13.1. The molecule has 0 radical (unpaired) electrons. The SMILES string of the molecule is C[C@H]1CC[C@H](n2c(=O)c(C#N)cc3cnc(Nc4cccc(C(N)=O)c4)nc32)CC1. The zero-order chi connectivity index (χ0) is 21.3. The molecule has 2 aromatic heterocycles. The highest BCUT2D eigenvalue weighted by atomic mass is 16.1. The molecule has 1 amide bonds. The fraction of sp³-hybridized carbons (Fsp3) is 0.318. The predicted molar refractivity (Wildman–Crippen MR) is 113 cm³/mol. The number of amides is 1. The van der Waals surface area contributed by atoms with Gasteiger partial charge in [-0.1, -0.05) is 13.0 Å². The summed E-state index contributed by atoms with van der Waals surface area (Å²) in [4.78, 5) is 33.3. The molecule has 0 saturated heterocycles. The Morgan fingerprint density at radius 1 is 1.27 bits per heavy atom. The molecule has 8 nitrogen and oxygen atoms in total. The van der Waals surface area contributed by atoms with Crippen LogP contribution in [0.15, 0.2) is 41.3 Å². The molecular weight excluding hydrogens is 380 g/mol. The Morgan fingerprint density at radius 2 is 2.03 bits per heavy atom. The molecule has 3 aromatic rings. The maximum atomic E-state index is 13.0. The molecule has 1 saturated carbocycles. The normalized spacial score (nSPS) is 18.7. The minimum Gasteiger partial charge on any atom is -0.366 e. The van der Waals surface area contributed by atoms with Crippen LogP contribution >= 0.6 is 0 Å². The lowest BCUT2D eigenvalue weighted by Crippen LogP contribution is -2.30. The fourth-order valence-corrected chi connectivity index (χ4v) is 3.98. The van der Waals surface area contributed by atoms with Crippen LogP contribution in [0.5, 0.6) is 0 Å². The van der Waals surface area contributed by atoms with Gasteiger partial charge in [0.1, 0.15) is 17.3 Å². The number of primary amides is 1. The van der Waals surface area contributed by atoms with Gasteiger partial charge in [0.05, 0.1) is 0 Å². The predicted octanol–water partition coefficient (Wildman–Crippen LogP) is 3.26. The number of nitrogens with one attached hydrogen (secondary N) is 1. The first-order valence-electron chi connectivity index (χ1n) is 9.95. The largest absolute Gasteiger partial charge is 0.366 e. The van der Waals surface area contributed by atoms with Gasteiger partial charge in [0.25, 0.3) is 5.56 Å². The zero-order valence-corrected chi connectivity index (χ0v) is 16.6. The van der Waals surface area contributed by atoms with E-state index in [0.717, 1.165) is 25.7 Å². The molecule has 2 heterocycles. The molecular formula is C22H22N6O2. The average molecular weight is 402 g/mol. The Morgan fingerprint density at radius 3 is 2.73 bits per heavy atom. The van der Waals surface area contributed by atoms with Crippen LogP contribution in [-0.2, 0) is 0 Å². The van der Waals surface area contributed by atoms with E-state index in [2.05, 4.69) is 22.2 Å². The van der Waals surface area contributed by atoms with Gasteiger partial charge < -0.3 is 11.1 Å². The molecule has 0 unspecified atom stereocenters. The average Bonchev–Trinajstić information content (AvgIpc) is 2.74. The van der Waals surface area contributed by atoms with Crippen LogP contribution in [0.25, 0.3) is 11.0 Å². The van der Waals surface area contributed by atoms with Crippen molar-refractivity contribution in [1.29, 1.82) is 5.26 Å². The van der Waals surface area contributed by atoms with Gasteiger partial charge in [0, 0.05) is 28.9 Å². The first kappa shape index (κ1) is 19.6.